The number of carbonyl (C=O) groups excluding carboxylic acids is 1. The number of nitrogens with zero attached hydrogens (tertiary/aromatic N) is 1. The molecule has 0 atom stereocenters. The van der Waals surface area contributed by atoms with Gasteiger partial charge in [-0.1, -0.05) is 29.3 Å². The van der Waals surface area contributed by atoms with Gasteiger partial charge in [0.1, 0.15) is 6.54 Å². The van der Waals surface area contributed by atoms with Crippen molar-refractivity contribution in [1.82, 2.24) is 0 Å². The maximum Gasteiger partial charge on any atom is 0.416 e. The molecule has 0 aromatic heterocycles. The Labute approximate surface area is 170 Å². The number of hydrogen-bond acceptors (Lipinski definition) is 3. The van der Waals surface area contributed by atoms with E-state index >= 15 is 0 Å². The van der Waals surface area contributed by atoms with Crippen LogP contribution in [0.15, 0.2) is 36.4 Å². The molecule has 28 heavy (non-hydrogen) atoms. The van der Waals surface area contributed by atoms with Gasteiger partial charge >= 0.3 is 6.18 Å². The lowest BCUT2D eigenvalue weighted by atomic mass is 10.2. The van der Waals surface area contributed by atoms with Gasteiger partial charge in [-0.3, -0.25) is 9.10 Å². The third kappa shape index (κ3) is 5.30. The number of anilines is 2. The Morgan fingerprint density at radius 3 is 2.36 bits per heavy atom. The lowest BCUT2D eigenvalue weighted by Gasteiger charge is -2.24. The molecule has 0 aliphatic carbocycles. The molecule has 2 aromatic carbocycles. The second kappa shape index (κ2) is 8.18. The summed E-state index contributed by atoms with van der Waals surface area (Å²) >= 11 is 11.9. The predicted molar refractivity (Wildman–Crippen MR) is 103 cm³/mol. The van der Waals surface area contributed by atoms with E-state index in [2.05, 4.69) is 5.32 Å². The van der Waals surface area contributed by atoms with E-state index in [0.29, 0.717) is 26.6 Å². The summed E-state index contributed by atoms with van der Waals surface area (Å²) in [5.41, 5.74) is -0.634. The van der Waals surface area contributed by atoms with Crippen molar-refractivity contribution in [2.75, 3.05) is 22.4 Å². The van der Waals surface area contributed by atoms with Crippen LogP contribution in [0.3, 0.4) is 0 Å². The van der Waals surface area contributed by atoms with Crippen LogP contribution in [-0.4, -0.2) is 27.1 Å². The highest BCUT2D eigenvalue weighted by Gasteiger charge is 2.33. The zero-order valence-electron chi connectivity index (χ0n) is 14.6. The average Bonchev–Trinajstić information content (AvgIpc) is 2.55. The van der Waals surface area contributed by atoms with Gasteiger partial charge in [0, 0.05) is 10.7 Å². The molecule has 1 N–H and O–H groups in total. The zero-order valence-corrected chi connectivity index (χ0v) is 17.0. The van der Waals surface area contributed by atoms with E-state index in [4.69, 9.17) is 23.2 Å². The number of amides is 1. The quantitative estimate of drug-likeness (QED) is 0.710. The van der Waals surface area contributed by atoms with Gasteiger partial charge in [-0.05, 0) is 42.8 Å². The van der Waals surface area contributed by atoms with Crippen LogP contribution in [-0.2, 0) is 21.0 Å². The van der Waals surface area contributed by atoms with E-state index in [1.807, 2.05) is 0 Å². The highest BCUT2D eigenvalue weighted by atomic mass is 35.5. The summed E-state index contributed by atoms with van der Waals surface area (Å²) in [7, 11) is -4.11. The number of benzene rings is 2. The molecule has 1 amide bonds. The third-order valence-corrected chi connectivity index (χ3v) is 5.63. The number of nitrogens with one attached hydrogen (secondary N) is 1. The SMILES string of the molecule is Cc1c(Cl)cccc1NC(=O)CN(c1cc(C(F)(F)F)ccc1Cl)S(C)(=O)=O. The molecule has 0 radical (unpaired) electrons. The summed E-state index contributed by atoms with van der Waals surface area (Å²) in [5, 5.41) is 2.64. The number of sulfonamides is 1. The molecule has 2 rings (SSSR count). The molecular formula is C17H15Cl2F3N2O3S. The molecule has 0 fully saturated rings. The zero-order chi connectivity index (χ0) is 21.3. The number of alkyl halides is 3. The molecule has 0 bridgehead atoms. The maximum atomic E-state index is 13.0. The summed E-state index contributed by atoms with van der Waals surface area (Å²) in [5.74, 6) is -0.774. The molecule has 2 aromatic rings. The van der Waals surface area contributed by atoms with E-state index in [-0.39, 0.29) is 5.02 Å². The van der Waals surface area contributed by atoms with E-state index < -0.39 is 39.9 Å². The van der Waals surface area contributed by atoms with Crippen molar-refractivity contribution in [2.45, 2.75) is 13.1 Å². The highest BCUT2D eigenvalue weighted by Crippen LogP contribution is 2.36. The van der Waals surface area contributed by atoms with Crippen LogP contribution in [0.25, 0.3) is 0 Å². The summed E-state index contributed by atoms with van der Waals surface area (Å²) < 4.78 is 63.8. The fourth-order valence-corrected chi connectivity index (χ4v) is 3.63. The fourth-order valence-electron chi connectivity index (χ4n) is 2.32. The van der Waals surface area contributed by atoms with Crippen LogP contribution >= 0.6 is 23.2 Å². The van der Waals surface area contributed by atoms with Crippen molar-refractivity contribution in [1.29, 1.82) is 0 Å². The first-order chi connectivity index (χ1) is 12.8. The smallest absolute Gasteiger partial charge is 0.324 e. The number of rotatable bonds is 5. The maximum absolute atomic E-state index is 13.0. The van der Waals surface area contributed by atoms with Crippen molar-refractivity contribution in [3.05, 3.63) is 57.6 Å². The molecule has 5 nitrogen and oxygen atoms in total. The van der Waals surface area contributed by atoms with Gasteiger partial charge in [-0.15, -0.1) is 0 Å². The lowest BCUT2D eigenvalue weighted by molar-refractivity contribution is -0.137. The van der Waals surface area contributed by atoms with E-state index in [9.17, 15) is 26.4 Å². The molecule has 11 heteroatoms. The standard InChI is InChI=1S/C17H15Cl2F3N2O3S/c1-10-12(18)4-3-5-14(10)23-16(25)9-24(28(2,26)27)15-8-11(17(20,21)22)6-7-13(15)19/h3-8H,9H2,1-2H3,(H,23,25). The molecule has 0 saturated carbocycles. The molecule has 0 spiro atoms. The first-order valence-electron chi connectivity index (χ1n) is 7.70. The van der Waals surface area contributed by atoms with Gasteiger partial charge in [-0.2, -0.15) is 13.2 Å². The molecule has 0 aliphatic rings. The van der Waals surface area contributed by atoms with Crippen molar-refractivity contribution in [3.63, 3.8) is 0 Å². The second-order valence-electron chi connectivity index (χ2n) is 5.89. The van der Waals surface area contributed by atoms with E-state index in [1.54, 1.807) is 25.1 Å². The normalized spacial score (nSPS) is 12.0. The van der Waals surface area contributed by atoms with Crippen molar-refractivity contribution in [2.24, 2.45) is 0 Å². The first-order valence-corrected chi connectivity index (χ1v) is 10.3. The summed E-state index contributed by atoms with van der Waals surface area (Å²) in [6.45, 7) is 0.877. The van der Waals surface area contributed by atoms with Crippen LogP contribution < -0.4 is 9.62 Å². The second-order valence-corrected chi connectivity index (χ2v) is 8.62. The Balaban J connectivity index is 2.38. The topological polar surface area (TPSA) is 66.5 Å². The summed E-state index contributed by atoms with van der Waals surface area (Å²) in [4.78, 5) is 12.4. The molecule has 152 valence electrons. The molecule has 0 unspecified atom stereocenters. The minimum atomic E-state index is -4.71. The Bertz CT molecular complexity index is 1010. The first kappa shape index (κ1) is 22.3. The summed E-state index contributed by atoms with van der Waals surface area (Å²) in [6.07, 6.45) is -3.94. The molecule has 0 aliphatic heterocycles. The minimum Gasteiger partial charge on any atom is -0.324 e. The number of halogens is 5. The number of hydrogen-bond donors (Lipinski definition) is 1. The van der Waals surface area contributed by atoms with Crippen LogP contribution in [0.1, 0.15) is 11.1 Å². The van der Waals surface area contributed by atoms with Crippen LogP contribution in [0.4, 0.5) is 24.5 Å². The molecule has 0 heterocycles. The van der Waals surface area contributed by atoms with Gasteiger partial charge in [0.2, 0.25) is 15.9 Å². The Morgan fingerprint density at radius 2 is 1.79 bits per heavy atom. The Hall–Kier alpha value is -1.97. The summed E-state index contributed by atoms with van der Waals surface area (Å²) in [6, 6.07) is 6.99. The van der Waals surface area contributed by atoms with Crippen LogP contribution in [0, 0.1) is 6.92 Å². The Kier molecular flexibility index (Phi) is 6.52. The predicted octanol–water partition coefficient (Wildman–Crippen LogP) is 4.73. The highest BCUT2D eigenvalue weighted by molar-refractivity contribution is 7.92. The number of carbonyl (C=O) groups is 1. The van der Waals surface area contributed by atoms with Gasteiger partial charge in [0.05, 0.1) is 22.5 Å². The minimum absolute atomic E-state index is 0.245. The van der Waals surface area contributed by atoms with Gasteiger partial charge in [-0.25, -0.2) is 8.42 Å². The van der Waals surface area contributed by atoms with Crippen molar-refractivity contribution in [3.8, 4) is 0 Å². The molecular weight excluding hydrogens is 440 g/mol. The van der Waals surface area contributed by atoms with E-state index in [1.165, 1.54) is 0 Å². The van der Waals surface area contributed by atoms with Crippen molar-refractivity contribution >= 4 is 50.5 Å². The van der Waals surface area contributed by atoms with Gasteiger partial charge < -0.3 is 5.32 Å². The van der Waals surface area contributed by atoms with Gasteiger partial charge in [0.25, 0.3) is 0 Å². The monoisotopic (exact) mass is 454 g/mol. The van der Waals surface area contributed by atoms with Crippen LogP contribution in [0.5, 0.6) is 0 Å². The third-order valence-electron chi connectivity index (χ3n) is 3.77. The van der Waals surface area contributed by atoms with Crippen LogP contribution in [0.2, 0.25) is 10.0 Å². The van der Waals surface area contributed by atoms with Gasteiger partial charge in [0.15, 0.2) is 0 Å². The van der Waals surface area contributed by atoms with E-state index in [0.717, 1.165) is 18.4 Å². The van der Waals surface area contributed by atoms with Crippen molar-refractivity contribution < 1.29 is 26.4 Å². The average molecular weight is 455 g/mol. The molecule has 0 saturated heterocycles. The Morgan fingerprint density at radius 1 is 1.14 bits per heavy atom. The fraction of sp³-hybridized carbons (Fsp3) is 0.235. The largest absolute Gasteiger partial charge is 0.416 e. The lowest BCUT2D eigenvalue weighted by Crippen LogP contribution is -2.37.